The minimum absolute atomic E-state index is 0.335. The number of hydrogen-bond acceptors (Lipinski definition) is 2. The van der Waals surface area contributed by atoms with E-state index in [4.69, 9.17) is 5.11 Å². The third-order valence-electron chi connectivity index (χ3n) is 2.10. The van der Waals surface area contributed by atoms with Gasteiger partial charge in [0.1, 0.15) is 0 Å². The lowest BCUT2D eigenvalue weighted by atomic mass is 10.1. The summed E-state index contributed by atoms with van der Waals surface area (Å²) >= 11 is 0. The lowest BCUT2D eigenvalue weighted by Crippen LogP contribution is -2.34. The van der Waals surface area contributed by atoms with Crippen LogP contribution in [0, 0.1) is 17.5 Å². The van der Waals surface area contributed by atoms with Crippen LogP contribution in [-0.4, -0.2) is 23.0 Å². The second kappa shape index (κ2) is 5.52. The normalized spacial score (nSPS) is 12.0. The average Bonchev–Trinajstić information content (AvgIpc) is 2.23. The van der Waals surface area contributed by atoms with Crippen LogP contribution >= 0.6 is 0 Å². The van der Waals surface area contributed by atoms with Gasteiger partial charge in [0.25, 0.3) is 5.91 Å². The number of rotatable bonds is 4. The van der Waals surface area contributed by atoms with E-state index >= 15 is 0 Å². The van der Waals surface area contributed by atoms with Gasteiger partial charge in [-0.1, -0.05) is 0 Å². The maximum Gasteiger partial charge on any atom is 0.305 e. The topological polar surface area (TPSA) is 66.4 Å². The quantitative estimate of drug-likeness (QED) is 0.810. The van der Waals surface area contributed by atoms with Crippen LogP contribution in [-0.2, 0) is 4.79 Å². The van der Waals surface area contributed by atoms with E-state index < -0.39 is 40.9 Å². The first-order chi connectivity index (χ1) is 8.31. The molecule has 0 aliphatic rings. The van der Waals surface area contributed by atoms with Gasteiger partial charge in [-0.3, -0.25) is 9.59 Å². The number of carboxylic acid groups (broad SMARTS) is 1. The standard InChI is InChI=1S/C11H10F3NO3/c1-5(2-9(16)17)15-11(18)6-3-7(12)10(14)8(13)4-6/h3-5H,2H2,1H3,(H,15,18)(H,16,17). The SMILES string of the molecule is CC(CC(=O)O)NC(=O)c1cc(F)c(F)c(F)c1. The van der Waals surface area contributed by atoms with Gasteiger partial charge < -0.3 is 10.4 Å². The summed E-state index contributed by atoms with van der Waals surface area (Å²) < 4.78 is 38.4. The molecule has 0 bridgehead atoms. The zero-order valence-corrected chi connectivity index (χ0v) is 9.34. The van der Waals surface area contributed by atoms with E-state index in [0.717, 1.165) is 0 Å². The first-order valence-electron chi connectivity index (χ1n) is 4.98. The summed E-state index contributed by atoms with van der Waals surface area (Å²) in [5.41, 5.74) is -0.413. The molecule has 0 aliphatic heterocycles. The molecular weight excluding hydrogens is 251 g/mol. The molecule has 1 unspecified atom stereocenters. The monoisotopic (exact) mass is 261 g/mol. The first-order valence-corrected chi connectivity index (χ1v) is 4.98. The Bertz CT molecular complexity index is 467. The summed E-state index contributed by atoms with van der Waals surface area (Å²) in [5.74, 6) is -6.62. The number of nitrogens with one attached hydrogen (secondary N) is 1. The van der Waals surface area contributed by atoms with Crippen LogP contribution in [0.2, 0.25) is 0 Å². The van der Waals surface area contributed by atoms with Crippen LogP contribution in [0.15, 0.2) is 12.1 Å². The molecule has 1 aromatic rings. The molecule has 0 saturated heterocycles. The van der Waals surface area contributed by atoms with Gasteiger partial charge in [-0.05, 0) is 19.1 Å². The van der Waals surface area contributed by atoms with Crippen molar-refractivity contribution < 1.29 is 27.9 Å². The van der Waals surface area contributed by atoms with Crippen molar-refractivity contribution in [3.63, 3.8) is 0 Å². The highest BCUT2D eigenvalue weighted by Crippen LogP contribution is 2.13. The van der Waals surface area contributed by atoms with E-state index in [2.05, 4.69) is 5.32 Å². The number of carbonyl (C=O) groups is 2. The molecule has 7 heteroatoms. The molecule has 0 saturated carbocycles. The number of hydrogen-bond donors (Lipinski definition) is 2. The maximum absolute atomic E-state index is 12.9. The molecule has 1 amide bonds. The lowest BCUT2D eigenvalue weighted by molar-refractivity contribution is -0.137. The summed E-state index contributed by atoms with van der Waals surface area (Å²) in [5, 5.41) is 10.7. The van der Waals surface area contributed by atoms with Crippen molar-refractivity contribution in [1.29, 1.82) is 0 Å². The second-order valence-corrected chi connectivity index (χ2v) is 3.73. The van der Waals surface area contributed by atoms with E-state index in [9.17, 15) is 22.8 Å². The van der Waals surface area contributed by atoms with Gasteiger partial charge >= 0.3 is 5.97 Å². The van der Waals surface area contributed by atoms with Gasteiger partial charge in [-0.25, -0.2) is 13.2 Å². The highest BCUT2D eigenvalue weighted by atomic mass is 19.2. The maximum atomic E-state index is 12.9. The molecule has 1 atom stereocenters. The number of benzene rings is 1. The van der Waals surface area contributed by atoms with E-state index in [0.29, 0.717) is 12.1 Å². The second-order valence-electron chi connectivity index (χ2n) is 3.73. The summed E-state index contributed by atoms with van der Waals surface area (Å²) in [6.07, 6.45) is -0.335. The largest absolute Gasteiger partial charge is 0.481 e. The molecule has 98 valence electrons. The molecule has 0 aliphatic carbocycles. The van der Waals surface area contributed by atoms with Crippen molar-refractivity contribution >= 4 is 11.9 Å². The zero-order chi connectivity index (χ0) is 13.9. The fourth-order valence-corrected chi connectivity index (χ4v) is 1.31. The van der Waals surface area contributed by atoms with Gasteiger partial charge in [-0.2, -0.15) is 0 Å². The Labute approximate surface area is 100 Å². The fraction of sp³-hybridized carbons (Fsp3) is 0.273. The predicted molar refractivity (Wildman–Crippen MR) is 55.5 cm³/mol. The van der Waals surface area contributed by atoms with E-state index in [1.165, 1.54) is 6.92 Å². The molecule has 0 aromatic heterocycles. The third-order valence-corrected chi connectivity index (χ3v) is 2.10. The molecule has 2 N–H and O–H groups in total. The van der Waals surface area contributed by atoms with Crippen LogP contribution in [0.5, 0.6) is 0 Å². The molecular formula is C11H10F3NO3. The van der Waals surface area contributed by atoms with Crippen LogP contribution in [0.3, 0.4) is 0 Å². The molecule has 0 fully saturated rings. The first kappa shape index (κ1) is 14.0. The molecule has 0 spiro atoms. The minimum Gasteiger partial charge on any atom is -0.481 e. The molecule has 1 aromatic carbocycles. The van der Waals surface area contributed by atoms with E-state index in [-0.39, 0.29) is 6.42 Å². The Kier molecular flexibility index (Phi) is 4.30. The summed E-state index contributed by atoms with van der Waals surface area (Å²) in [6, 6.07) is 0.369. The highest BCUT2D eigenvalue weighted by Gasteiger charge is 2.17. The molecule has 1 rings (SSSR count). The number of aliphatic carboxylic acids is 1. The molecule has 18 heavy (non-hydrogen) atoms. The number of carboxylic acids is 1. The van der Waals surface area contributed by atoms with Crippen molar-refractivity contribution in [3.8, 4) is 0 Å². The molecule has 0 radical (unpaired) electrons. The number of amides is 1. The van der Waals surface area contributed by atoms with Crippen molar-refractivity contribution in [2.45, 2.75) is 19.4 Å². The zero-order valence-electron chi connectivity index (χ0n) is 9.34. The van der Waals surface area contributed by atoms with Crippen LogP contribution in [0.4, 0.5) is 13.2 Å². The lowest BCUT2D eigenvalue weighted by Gasteiger charge is -2.11. The Morgan fingerprint density at radius 1 is 1.28 bits per heavy atom. The minimum atomic E-state index is -1.66. The summed E-state index contributed by atoms with van der Waals surface area (Å²) in [4.78, 5) is 21.9. The van der Waals surface area contributed by atoms with Crippen molar-refractivity contribution in [1.82, 2.24) is 5.32 Å². The van der Waals surface area contributed by atoms with Gasteiger partial charge in [0.15, 0.2) is 17.5 Å². The van der Waals surface area contributed by atoms with Crippen molar-refractivity contribution in [2.24, 2.45) is 0 Å². The van der Waals surface area contributed by atoms with Gasteiger partial charge in [-0.15, -0.1) is 0 Å². The average molecular weight is 261 g/mol. The van der Waals surface area contributed by atoms with E-state index in [1.807, 2.05) is 0 Å². The highest BCUT2D eigenvalue weighted by molar-refractivity contribution is 5.94. The molecule has 4 nitrogen and oxygen atoms in total. The van der Waals surface area contributed by atoms with Crippen LogP contribution in [0.1, 0.15) is 23.7 Å². The fourth-order valence-electron chi connectivity index (χ4n) is 1.31. The smallest absolute Gasteiger partial charge is 0.305 e. The summed E-state index contributed by atoms with van der Waals surface area (Å²) in [6.45, 7) is 1.42. The van der Waals surface area contributed by atoms with Gasteiger partial charge in [0, 0.05) is 11.6 Å². The third kappa shape index (κ3) is 3.47. The molecule has 0 heterocycles. The summed E-state index contributed by atoms with van der Waals surface area (Å²) in [7, 11) is 0. The van der Waals surface area contributed by atoms with Gasteiger partial charge in [0.2, 0.25) is 0 Å². The number of halogens is 3. The Balaban J connectivity index is 2.82. The van der Waals surface area contributed by atoms with Crippen molar-refractivity contribution in [3.05, 3.63) is 35.1 Å². The predicted octanol–water partition coefficient (Wildman–Crippen LogP) is 1.70. The van der Waals surface area contributed by atoms with Crippen LogP contribution < -0.4 is 5.32 Å². The Morgan fingerprint density at radius 3 is 2.22 bits per heavy atom. The Morgan fingerprint density at radius 2 is 1.78 bits per heavy atom. The number of carbonyl (C=O) groups excluding carboxylic acids is 1. The van der Waals surface area contributed by atoms with Crippen LogP contribution in [0.25, 0.3) is 0 Å². The van der Waals surface area contributed by atoms with Crippen molar-refractivity contribution in [2.75, 3.05) is 0 Å². The van der Waals surface area contributed by atoms with Gasteiger partial charge in [0.05, 0.1) is 6.42 Å². The Hall–Kier alpha value is -2.05. The van der Waals surface area contributed by atoms with E-state index in [1.54, 1.807) is 0 Å².